The molecule has 0 saturated heterocycles. The van der Waals surface area contributed by atoms with E-state index < -0.39 is 29.9 Å². The third-order valence-electron chi connectivity index (χ3n) is 4.47. The molecule has 2 amide bonds. The molecule has 0 fully saturated rings. The number of aliphatic hydroxyl groups excluding tert-OH is 1. The molecular formula is C21H20N2O5. The fourth-order valence-electron chi connectivity index (χ4n) is 3.03. The monoisotopic (exact) mass is 380 g/mol. The van der Waals surface area contributed by atoms with Gasteiger partial charge in [0.05, 0.1) is 0 Å². The molecule has 0 aromatic heterocycles. The predicted octanol–water partition coefficient (Wildman–Crippen LogP) is 2.10. The van der Waals surface area contributed by atoms with Crippen LogP contribution in [0.1, 0.15) is 12.0 Å². The molecule has 144 valence electrons. The summed E-state index contributed by atoms with van der Waals surface area (Å²) in [7, 11) is 0. The summed E-state index contributed by atoms with van der Waals surface area (Å²) in [4.78, 5) is 36.8. The number of hydrogen-bond donors (Lipinski definition) is 3. The molecule has 1 heterocycles. The Hall–Kier alpha value is -3.61. The number of nitrogens with zero attached hydrogens (tertiary/aromatic N) is 1. The second-order valence-corrected chi connectivity index (χ2v) is 6.44. The molecule has 1 aliphatic rings. The van der Waals surface area contributed by atoms with Crippen LogP contribution < -0.4 is 5.32 Å². The first-order valence-corrected chi connectivity index (χ1v) is 8.81. The molecule has 2 aromatic rings. The van der Waals surface area contributed by atoms with E-state index in [0.29, 0.717) is 0 Å². The number of carbonyl (C=O) groups is 3. The van der Waals surface area contributed by atoms with Gasteiger partial charge in [-0.15, -0.1) is 0 Å². The summed E-state index contributed by atoms with van der Waals surface area (Å²) in [5.41, 5.74) is 2.64. The van der Waals surface area contributed by atoms with E-state index in [9.17, 15) is 19.5 Å². The summed E-state index contributed by atoms with van der Waals surface area (Å²) < 4.78 is 0. The number of nitrogens with one attached hydrogen (secondary N) is 1. The molecule has 1 aliphatic heterocycles. The molecule has 2 aromatic carbocycles. The standard InChI is InChI=1S/C21H20N2O5/c24-17-10-11-23(21(28)19(17)20(27)22-12-18(25)26)13-14-6-8-16(9-7-14)15-4-2-1-3-5-15/h1-9,24H,10-13H2,(H,22,27)(H,25,26). The second-order valence-electron chi connectivity index (χ2n) is 6.44. The van der Waals surface area contributed by atoms with Crippen molar-refractivity contribution < 1.29 is 24.6 Å². The van der Waals surface area contributed by atoms with Crippen molar-refractivity contribution in [2.75, 3.05) is 13.1 Å². The molecule has 0 atom stereocenters. The van der Waals surface area contributed by atoms with E-state index in [-0.39, 0.29) is 25.3 Å². The van der Waals surface area contributed by atoms with Crippen molar-refractivity contribution in [1.29, 1.82) is 0 Å². The number of carboxylic acids is 1. The van der Waals surface area contributed by atoms with E-state index in [1.807, 2.05) is 54.6 Å². The van der Waals surface area contributed by atoms with Gasteiger partial charge in [-0.1, -0.05) is 54.6 Å². The molecule has 0 spiro atoms. The molecule has 0 saturated carbocycles. The van der Waals surface area contributed by atoms with Gasteiger partial charge in [0.1, 0.15) is 17.9 Å². The highest BCUT2D eigenvalue weighted by atomic mass is 16.4. The zero-order valence-electron chi connectivity index (χ0n) is 15.1. The third-order valence-corrected chi connectivity index (χ3v) is 4.47. The fraction of sp³-hybridized carbons (Fsp3) is 0.190. The van der Waals surface area contributed by atoms with Crippen LogP contribution in [0.2, 0.25) is 0 Å². The van der Waals surface area contributed by atoms with Crippen molar-refractivity contribution in [3.8, 4) is 11.1 Å². The molecule has 28 heavy (non-hydrogen) atoms. The van der Waals surface area contributed by atoms with Crippen molar-refractivity contribution in [3.63, 3.8) is 0 Å². The normalized spacial score (nSPS) is 14.1. The summed E-state index contributed by atoms with van der Waals surface area (Å²) in [5, 5.41) is 20.7. The highest BCUT2D eigenvalue weighted by Crippen LogP contribution is 2.22. The van der Waals surface area contributed by atoms with Gasteiger partial charge in [0.15, 0.2) is 0 Å². The fourth-order valence-corrected chi connectivity index (χ4v) is 3.03. The average Bonchev–Trinajstić information content (AvgIpc) is 2.70. The topological polar surface area (TPSA) is 107 Å². The van der Waals surface area contributed by atoms with Gasteiger partial charge >= 0.3 is 5.97 Å². The lowest BCUT2D eigenvalue weighted by molar-refractivity contribution is -0.138. The van der Waals surface area contributed by atoms with E-state index in [2.05, 4.69) is 5.32 Å². The maximum absolute atomic E-state index is 12.6. The number of hydrogen-bond acceptors (Lipinski definition) is 4. The van der Waals surface area contributed by atoms with Crippen LogP contribution in [-0.4, -0.2) is 46.0 Å². The minimum Gasteiger partial charge on any atom is -0.511 e. The Morgan fingerprint density at radius 2 is 1.64 bits per heavy atom. The van der Waals surface area contributed by atoms with Gasteiger partial charge < -0.3 is 20.4 Å². The number of aliphatic hydroxyl groups is 1. The Balaban J connectivity index is 1.70. The summed E-state index contributed by atoms with van der Waals surface area (Å²) in [5.74, 6) is -3.04. The number of carbonyl (C=O) groups excluding carboxylic acids is 2. The number of benzene rings is 2. The van der Waals surface area contributed by atoms with Crippen molar-refractivity contribution >= 4 is 17.8 Å². The molecule has 0 bridgehead atoms. The van der Waals surface area contributed by atoms with E-state index in [1.165, 1.54) is 4.90 Å². The smallest absolute Gasteiger partial charge is 0.322 e. The molecule has 3 N–H and O–H groups in total. The van der Waals surface area contributed by atoms with Gasteiger partial charge in [-0.2, -0.15) is 0 Å². The quantitative estimate of drug-likeness (QED) is 0.666. The Labute approximate surface area is 161 Å². The highest BCUT2D eigenvalue weighted by molar-refractivity contribution is 6.19. The van der Waals surface area contributed by atoms with Crippen LogP contribution >= 0.6 is 0 Å². The Morgan fingerprint density at radius 1 is 1.00 bits per heavy atom. The van der Waals surface area contributed by atoms with Crippen molar-refractivity contribution in [2.24, 2.45) is 0 Å². The average molecular weight is 380 g/mol. The first kappa shape index (κ1) is 19.2. The van der Waals surface area contributed by atoms with Crippen LogP contribution in [0.3, 0.4) is 0 Å². The summed E-state index contributed by atoms with van der Waals surface area (Å²) in [6.45, 7) is -0.0540. The van der Waals surface area contributed by atoms with Crippen LogP contribution in [0.5, 0.6) is 0 Å². The van der Waals surface area contributed by atoms with Crippen LogP contribution in [-0.2, 0) is 20.9 Å². The molecule has 3 rings (SSSR count). The predicted molar refractivity (Wildman–Crippen MR) is 102 cm³/mol. The lowest BCUT2D eigenvalue weighted by atomic mass is 10.0. The first-order chi connectivity index (χ1) is 13.5. The van der Waals surface area contributed by atoms with Gasteiger partial charge in [0, 0.05) is 19.5 Å². The first-order valence-electron chi connectivity index (χ1n) is 8.81. The number of rotatable bonds is 6. The van der Waals surface area contributed by atoms with Crippen LogP contribution in [0.4, 0.5) is 0 Å². The summed E-state index contributed by atoms with van der Waals surface area (Å²) in [6, 6.07) is 17.7. The van der Waals surface area contributed by atoms with Gasteiger partial charge in [-0.05, 0) is 16.7 Å². The van der Waals surface area contributed by atoms with Gasteiger partial charge in [0.25, 0.3) is 11.8 Å². The summed E-state index contributed by atoms with van der Waals surface area (Å²) >= 11 is 0. The summed E-state index contributed by atoms with van der Waals surface area (Å²) in [6.07, 6.45) is 0.143. The molecule has 7 nitrogen and oxygen atoms in total. The lowest BCUT2D eigenvalue weighted by Gasteiger charge is -2.28. The van der Waals surface area contributed by atoms with E-state index in [4.69, 9.17) is 5.11 Å². The highest BCUT2D eigenvalue weighted by Gasteiger charge is 2.32. The minimum atomic E-state index is -1.23. The van der Waals surface area contributed by atoms with Crippen LogP contribution in [0.25, 0.3) is 11.1 Å². The molecular weight excluding hydrogens is 360 g/mol. The van der Waals surface area contributed by atoms with Gasteiger partial charge in [-0.25, -0.2) is 0 Å². The van der Waals surface area contributed by atoms with E-state index >= 15 is 0 Å². The molecule has 0 unspecified atom stereocenters. The molecule has 0 radical (unpaired) electrons. The maximum Gasteiger partial charge on any atom is 0.322 e. The van der Waals surface area contributed by atoms with E-state index in [1.54, 1.807) is 0 Å². The van der Waals surface area contributed by atoms with Crippen molar-refractivity contribution in [3.05, 3.63) is 71.5 Å². The zero-order chi connectivity index (χ0) is 20.1. The second kappa shape index (κ2) is 8.39. The van der Waals surface area contributed by atoms with Crippen molar-refractivity contribution in [1.82, 2.24) is 10.2 Å². The van der Waals surface area contributed by atoms with Crippen LogP contribution in [0, 0.1) is 0 Å². The van der Waals surface area contributed by atoms with Gasteiger partial charge in [0.2, 0.25) is 0 Å². The van der Waals surface area contributed by atoms with Crippen LogP contribution in [0.15, 0.2) is 65.9 Å². The molecule has 7 heteroatoms. The lowest BCUT2D eigenvalue weighted by Crippen LogP contribution is -2.43. The number of amides is 2. The Bertz CT molecular complexity index is 920. The SMILES string of the molecule is O=C(O)CNC(=O)C1=C(O)CCN(Cc2ccc(-c3ccccc3)cc2)C1=O. The van der Waals surface area contributed by atoms with Crippen molar-refractivity contribution in [2.45, 2.75) is 13.0 Å². The van der Waals surface area contributed by atoms with E-state index in [0.717, 1.165) is 16.7 Å². The minimum absolute atomic E-state index is 0.143. The number of carboxylic acid groups (broad SMARTS) is 1. The maximum atomic E-state index is 12.6. The largest absolute Gasteiger partial charge is 0.511 e. The number of aliphatic carboxylic acids is 1. The Kier molecular flexibility index (Phi) is 5.74. The third kappa shape index (κ3) is 4.37. The Morgan fingerprint density at radius 3 is 2.29 bits per heavy atom. The zero-order valence-corrected chi connectivity index (χ0v) is 15.1. The van der Waals surface area contributed by atoms with Gasteiger partial charge in [-0.3, -0.25) is 14.4 Å². The molecule has 0 aliphatic carbocycles.